The monoisotopic (exact) mass is 390 g/mol. The Morgan fingerprint density at radius 1 is 1.19 bits per heavy atom. The van der Waals surface area contributed by atoms with Crippen LogP contribution in [0.25, 0.3) is 0 Å². The molecule has 0 aliphatic heterocycles. The molecule has 0 aromatic heterocycles. The maximum atomic E-state index is 14.2. The molecule has 2 rings (SSSR count). The van der Waals surface area contributed by atoms with Gasteiger partial charge in [-0.3, -0.25) is 4.57 Å². The lowest BCUT2D eigenvalue weighted by Gasteiger charge is -2.39. The Bertz CT molecular complexity index is 623. The fourth-order valence-electron chi connectivity index (χ4n) is 4.27. The van der Waals surface area contributed by atoms with E-state index < -0.39 is 7.37 Å². The van der Waals surface area contributed by atoms with Crippen LogP contribution in [0.1, 0.15) is 79.1 Å². The van der Waals surface area contributed by atoms with Gasteiger partial charge in [-0.1, -0.05) is 78.2 Å². The molecule has 1 saturated carbocycles. The summed E-state index contributed by atoms with van der Waals surface area (Å²) in [6.45, 7) is 13.3. The lowest BCUT2D eigenvalue weighted by atomic mass is 9.75. The Hall–Kier alpha value is -0.850. The Labute approximate surface area is 167 Å². The van der Waals surface area contributed by atoms with Crippen LogP contribution < -0.4 is 5.30 Å². The molecule has 1 aromatic rings. The zero-order valence-electron chi connectivity index (χ0n) is 17.8. The average molecular weight is 391 g/mol. The van der Waals surface area contributed by atoms with Crippen molar-refractivity contribution in [3.8, 4) is 0 Å². The highest BCUT2D eigenvalue weighted by atomic mass is 31.2. The summed E-state index contributed by atoms with van der Waals surface area (Å²) in [6, 6.07) is 9.79. The molecule has 27 heavy (non-hydrogen) atoms. The summed E-state index contributed by atoms with van der Waals surface area (Å²) in [6.07, 6.45) is 8.91. The van der Waals surface area contributed by atoms with Crippen LogP contribution in [0, 0.1) is 17.8 Å². The zero-order valence-corrected chi connectivity index (χ0v) is 18.7. The minimum atomic E-state index is -3.08. The Kier molecular flexibility index (Phi) is 8.83. The van der Waals surface area contributed by atoms with Gasteiger partial charge in [0.25, 0.3) is 7.37 Å². The standard InChI is InChI=1S/C24H39O2P/c1-6-7-8-10-13-21(5)27(25,22-14-11-9-12-15-22)26-24-18-20(4)16-17-23(24)19(2)3/h9,11-12,14-15,19-20,23-24H,5-8,10,13,16-18H2,1-4H3. The van der Waals surface area contributed by atoms with Gasteiger partial charge in [0.05, 0.1) is 6.10 Å². The molecule has 152 valence electrons. The fraction of sp³-hybridized carbons (Fsp3) is 0.667. The third-order valence-electron chi connectivity index (χ3n) is 6.08. The Morgan fingerprint density at radius 2 is 1.89 bits per heavy atom. The van der Waals surface area contributed by atoms with Crippen LogP contribution >= 0.6 is 7.37 Å². The van der Waals surface area contributed by atoms with Crippen molar-refractivity contribution in [2.45, 2.75) is 85.2 Å². The highest BCUT2D eigenvalue weighted by Gasteiger charge is 2.39. The van der Waals surface area contributed by atoms with Gasteiger partial charge in [0.2, 0.25) is 0 Å². The topological polar surface area (TPSA) is 26.3 Å². The van der Waals surface area contributed by atoms with Crippen LogP contribution in [0.5, 0.6) is 0 Å². The number of allylic oxidation sites excluding steroid dienone is 1. The summed E-state index contributed by atoms with van der Waals surface area (Å²) in [5.41, 5.74) is 0. The zero-order chi connectivity index (χ0) is 19.9. The number of rotatable bonds is 10. The van der Waals surface area contributed by atoms with Crippen LogP contribution in [0.4, 0.5) is 0 Å². The first-order valence-corrected chi connectivity index (χ1v) is 12.5. The van der Waals surface area contributed by atoms with E-state index in [9.17, 15) is 4.57 Å². The molecule has 1 aliphatic rings. The SMILES string of the molecule is C=C(CCCCCC)P(=O)(OC1CC(C)CCC1C(C)C)c1ccccc1. The van der Waals surface area contributed by atoms with Crippen LogP contribution in [-0.2, 0) is 9.09 Å². The van der Waals surface area contributed by atoms with Crippen molar-refractivity contribution < 1.29 is 9.09 Å². The van der Waals surface area contributed by atoms with Crippen molar-refractivity contribution in [1.29, 1.82) is 0 Å². The molecule has 0 N–H and O–H groups in total. The van der Waals surface area contributed by atoms with Crippen molar-refractivity contribution in [1.82, 2.24) is 0 Å². The predicted molar refractivity (Wildman–Crippen MR) is 118 cm³/mol. The van der Waals surface area contributed by atoms with Crippen LogP contribution in [0.3, 0.4) is 0 Å². The normalized spacial score (nSPS) is 25.3. The van der Waals surface area contributed by atoms with Gasteiger partial charge < -0.3 is 4.52 Å². The highest BCUT2D eigenvalue weighted by molar-refractivity contribution is 7.71. The van der Waals surface area contributed by atoms with Gasteiger partial charge in [-0.2, -0.15) is 0 Å². The van der Waals surface area contributed by atoms with E-state index in [2.05, 4.69) is 34.3 Å². The summed E-state index contributed by atoms with van der Waals surface area (Å²) in [5, 5.41) is 1.61. The van der Waals surface area contributed by atoms with E-state index in [0.29, 0.717) is 17.8 Å². The van der Waals surface area contributed by atoms with E-state index in [4.69, 9.17) is 4.52 Å². The maximum absolute atomic E-state index is 14.2. The molecule has 4 atom stereocenters. The van der Waals surface area contributed by atoms with Crippen LogP contribution in [-0.4, -0.2) is 6.10 Å². The van der Waals surface area contributed by atoms with Crippen molar-refractivity contribution in [3.05, 3.63) is 42.2 Å². The first-order valence-electron chi connectivity index (χ1n) is 10.9. The second-order valence-corrected chi connectivity index (χ2v) is 11.2. The summed E-state index contributed by atoms with van der Waals surface area (Å²) in [4.78, 5) is 0. The Morgan fingerprint density at radius 3 is 2.52 bits per heavy atom. The summed E-state index contributed by atoms with van der Waals surface area (Å²) in [7, 11) is -3.08. The maximum Gasteiger partial charge on any atom is 0.257 e. The van der Waals surface area contributed by atoms with Gasteiger partial charge in [-0.15, -0.1) is 0 Å². The van der Waals surface area contributed by atoms with Gasteiger partial charge in [-0.25, -0.2) is 0 Å². The second-order valence-electron chi connectivity index (χ2n) is 8.73. The Balaban J connectivity index is 2.24. The summed E-state index contributed by atoms with van der Waals surface area (Å²) >= 11 is 0. The predicted octanol–water partition coefficient (Wildman–Crippen LogP) is 7.55. The molecule has 4 unspecified atom stereocenters. The van der Waals surface area contributed by atoms with Crippen molar-refractivity contribution in [2.24, 2.45) is 17.8 Å². The minimum Gasteiger partial charge on any atom is -0.319 e. The number of hydrogen-bond donors (Lipinski definition) is 0. The van der Waals surface area contributed by atoms with E-state index in [0.717, 1.165) is 29.9 Å². The van der Waals surface area contributed by atoms with E-state index in [1.807, 2.05) is 30.3 Å². The average Bonchev–Trinajstić information content (AvgIpc) is 2.65. The summed E-state index contributed by atoms with van der Waals surface area (Å²) < 4.78 is 20.8. The lowest BCUT2D eigenvalue weighted by Crippen LogP contribution is -2.34. The van der Waals surface area contributed by atoms with Gasteiger partial charge in [0, 0.05) is 10.6 Å². The molecular formula is C24H39O2P. The number of hydrogen-bond acceptors (Lipinski definition) is 2. The first-order chi connectivity index (χ1) is 12.9. The highest BCUT2D eigenvalue weighted by Crippen LogP contribution is 2.58. The molecule has 2 nitrogen and oxygen atoms in total. The van der Waals surface area contributed by atoms with E-state index in [-0.39, 0.29) is 6.10 Å². The molecule has 0 saturated heterocycles. The smallest absolute Gasteiger partial charge is 0.257 e. The third-order valence-corrected chi connectivity index (χ3v) is 8.68. The third kappa shape index (κ3) is 6.06. The summed E-state index contributed by atoms with van der Waals surface area (Å²) in [5.74, 6) is 1.66. The molecule has 0 spiro atoms. The van der Waals surface area contributed by atoms with E-state index in [1.54, 1.807) is 0 Å². The molecule has 1 aromatic carbocycles. The molecule has 0 amide bonds. The molecular weight excluding hydrogens is 351 g/mol. The number of benzene rings is 1. The van der Waals surface area contributed by atoms with Crippen LogP contribution in [0.2, 0.25) is 0 Å². The van der Waals surface area contributed by atoms with Crippen molar-refractivity contribution in [3.63, 3.8) is 0 Å². The quantitative estimate of drug-likeness (QED) is 0.304. The van der Waals surface area contributed by atoms with Crippen LogP contribution in [0.15, 0.2) is 42.2 Å². The molecule has 0 heterocycles. The molecule has 1 aliphatic carbocycles. The van der Waals surface area contributed by atoms with Gasteiger partial charge in [0.1, 0.15) is 0 Å². The van der Waals surface area contributed by atoms with E-state index >= 15 is 0 Å². The van der Waals surface area contributed by atoms with Gasteiger partial charge >= 0.3 is 0 Å². The molecule has 1 fully saturated rings. The molecule has 3 heteroatoms. The van der Waals surface area contributed by atoms with Crippen molar-refractivity contribution >= 4 is 12.7 Å². The van der Waals surface area contributed by atoms with Gasteiger partial charge in [0.15, 0.2) is 0 Å². The molecule has 0 radical (unpaired) electrons. The second kappa shape index (κ2) is 10.6. The van der Waals surface area contributed by atoms with Crippen molar-refractivity contribution in [2.75, 3.05) is 0 Å². The number of unbranched alkanes of at least 4 members (excludes halogenated alkanes) is 3. The first kappa shape index (κ1) is 22.4. The largest absolute Gasteiger partial charge is 0.319 e. The van der Waals surface area contributed by atoms with E-state index in [1.165, 1.54) is 32.1 Å². The minimum absolute atomic E-state index is 0.0622. The van der Waals surface area contributed by atoms with Gasteiger partial charge in [-0.05, 0) is 55.6 Å². The lowest BCUT2D eigenvalue weighted by molar-refractivity contribution is 0.0507. The molecule has 0 bridgehead atoms. The fourth-order valence-corrected chi connectivity index (χ4v) is 6.55.